The maximum atomic E-state index is 12.0. The number of amides is 1. The standard InChI is InChI=1S/C15H17BrN2O3/c1-4-9(2)18-15(20)11(8-17)5-10-6-12(16)7-13(21-3)14(10)19/h5-7,9,19H,4H2,1-3H3,(H,18,20)/b11-5+/t9-/m1/s1. The van der Waals surface area contributed by atoms with Crippen LogP contribution in [0.1, 0.15) is 25.8 Å². The summed E-state index contributed by atoms with van der Waals surface area (Å²) >= 11 is 3.28. The summed E-state index contributed by atoms with van der Waals surface area (Å²) in [5.41, 5.74) is 0.253. The van der Waals surface area contributed by atoms with Crippen LogP contribution in [0.2, 0.25) is 0 Å². The Labute approximate surface area is 132 Å². The fourth-order valence-electron chi connectivity index (χ4n) is 1.57. The summed E-state index contributed by atoms with van der Waals surface area (Å²) in [6.45, 7) is 3.79. The Bertz CT molecular complexity index is 606. The lowest BCUT2D eigenvalue weighted by Crippen LogP contribution is -2.32. The van der Waals surface area contributed by atoms with Gasteiger partial charge in [0.15, 0.2) is 11.5 Å². The minimum absolute atomic E-state index is 0.0279. The lowest BCUT2D eigenvalue weighted by Gasteiger charge is -2.11. The molecule has 0 unspecified atom stereocenters. The van der Waals surface area contributed by atoms with Gasteiger partial charge in [0.1, 0.15) is 11.6 Å². The van der Waals surface area contributed by atoms with Crippen LogP contribution >= 0.6 is 15.9 Å². The molecule has 5 nitrogen and oxygen atoms in total. The summed E-state index contributed by atoms with van der Waals surface area (Å²) < 4.78 is 5.70. The zero-order valence-electron chi connectivity index (χ0n) is 12.1. The maximum absolute atomic E-state index is 12.0. The van der Waals surface area contributed by atoms with Gasteiger partial charge in [0.05, 0.1) is 7.11 Å². The van der Waals surface area contributed by atoms with E-state index in [0.29, 0.717) is 10.0 Å². The largest absolute Gasteiger partial charge is 0.504 e. The van der Waals surface area contributed by atoms with Gasteiger partial charge in [-0.1, -0.05) is 22.9 Å². The highest BCUT2D eigenvalue weighted by Gasteiger charge is 2.14. The first-order valence-corrected chi connectivity index (χ1v) is 7.21. The molecule has 0 saturated carbocycles. The van der Waals surface area contributed by atoms with Crippen molar-refractivity contribution in [3.63, 3.8) is 0 Å². The molecule has 1 rings (SSSR count). The molecule has 0 aliphatic carbocycles. The average molecular weight is 353 g/mol. The van der Waals surface area contributed by atoms with Gasteiger partial charge in [-0.3, -0.25) is 4.79 Å². The summed E-state index contributed by atoms with van der Waals surface area (Å²) in [6, 6.07) is 5.02. The van der Waals surface area contributed by atoms with Gasteiger partial charge in [0.2, 0.25) is 0 Å². The predicted octanol–water partition coefficient (Wildman–Crippen LogP) is 2.98. The van der Waals surface area contributed by atoms with Crippen LogP contribution in [0.3, 0.4) is 0 Å². The monoisotopic (exact) mass is 352 g/mol. The Kier molecular flexibility index (Phi) is 6.25. The number of rotatable bonds is 5. The Morgan fingerprint density at radius 3 is 2.81 bits per heavy atom. The van der Waals surface area contributed by atoms with Crippen molar-refractivity contribution in [3.8, 4) is 17.6 Å². The lowest BCUT2D eigenvalue weighted by atomic mass is 10.1. The van der Waals surface area contributed by atoms with Crippen molar-refractivity contribution in [1.29, 1.82) is 5.26 Å². The minimum Gasteiger partial charge on any atom is -0.504 e. The summed E-state index contributed by atoms with van der Waals surface area (Å²) in [6.07, 6.45) is 2.10. The maximum Gasteiger partial charge on any atom is 0.262 e. The molecule has 0 aliphatic heterocycles. The smallest absolute Gasteiger partial charge is 0.262 e. The normalized spacial score (nSPS) is 12.4. The molecule has 1 atom stereocenters. The van der Waals surface area contributed by atoms with E-state index >= 15 is 0 Å². The van der Waals surface area contributed by atoms with Crippen LogP contribution < -0.4 is 10.1 Å². The van der Waals surface area contributed by atoms with Crippen molar-refractivity contribution in [2.45, 2.75) is 26.3 Å². The third kappa shape index (κ3) is 4.50. The molecule has 0 aromatic heterocycles. The quantitative estimate of drug-likeness (QED) is 0.630. The van der Waals surface area contributed by atoms with Gasteiger partial charge in [-0.25, -0.2) is 0 Å². The molecule has 6 heteroatoms. The fraction of sp³-hybridized carbons (Fsp3) is 0.333. The number of carbonyl (C=O) groups excluding carboxylic acids is 1. The van der Waals surface area contributed by atoms with Crippen LogP contribution in [-0.2, 0) is 4.79 Å². The van der Waals surface area contributed by atoms with Gasteiger partial charge < -0.3 is 15.2 Å². The number of nitrogens with one attached hydrogen (secondary N) is 1. The predicted molar refractivity (Wildman–Crippen MR) is 83.8 cm³/mol. The molecule has 2 N–H and O–H groups in total. The van der Waals surface area contributed by atoms with Gasteiger partial charge in [-0.2, -0.15) is 5.26 Å². The molecule has 0 bridgehead atoms. The molecule has 21 heavy (non-hydrogen) atoms. The van der Waals surface area contributed by atoms with E-state index < -0.39 is 5.91 Å². The molecule has 0 saturated heterocycles. The van der Waals surface area contributed by atoms with Crippen LogP contribution in [0.25, 0.3) is 6.08 Å². The zero-order valence-corrected chi connectivity index (χ0v) is 13.7. The first kappa shape index (κ1) is 17.1. The van der Waals surface area contributed by atoms with Gasteiger partial charge in [-0.05, 0) is 31.6 Å². The van der Waals surface area contributed by atoms with Crippen molar-refractivity contribution in [2.24, 2.45) is 0 Å². The number of nitrogens with zero attached hydrogens (tertiary/aromatic N) is 1. The van der Waals surface area contributed by atoms with Gasteiger partial charge >= 0.3 is 0 Å². The van der Waals surface area contributed by atoms with E-state index in [1.165, 1.54) is 13.2 Å². The summed E-state index contributed by atoms with van der Waals surface area (Å²) in [4.78, 5) is 12.0. The second kappa shape index (κ2) is 7.70. The highest BCUT2D eigenvalue weighted by Crippen LogP contribution is 2.34. The summed E-state index contributed by atoms with van der Waals surface area (Å²) in [7, 11) is 1.43. The Balaban J connectivity index is 3.18. The third-order valence-corrected chi connectivity index (χ3v) is 3.40. The Hall–Kier alpha value is -2.00. The number of phenolic OH excluding ortho intramolecular Hbond substituents is 1. The zero-order chi connectivity index (χ0) is 16.0. The molecular formula is C15H17BrN2O3. The highest BCUT2D eigenvalue weighted by atomic mass is 79.9. The van der Waals surface area contributed by atoms with E-state index in [1.54, 1.807) is 12.1 Å². The first-order valence-electron chi connectivity index (χ1n) is 6.42. The minimum atomic E-state index is -0.467. The number of halogens is 1. The van der Waals surface area contributed by atoms with Crippen molar-refractivity contribution >= 4 is 27.9 Å². The van der Waals surface area contributed by atoms with Crippen LogP contribution in [0, 0.1) is 11.3 Å². The van der Waals surface area contributed by atoms with E-state index in [0.717, 1.165) is 6.42 Å². The molecule has 0 heterocycles. The van der Waals surface area contributed by atoms with Crippen molar-refractivity contribution < 1.29 is 14.6 Å². The van der Waals surface area contributed by atoms with Crippen LogP contribution in [0.5, 0.6) is 11.5 Å². The van der Waals surface area contributed by atoms with Gasteiger partial charge in [0.25, 0.3) is 5.91 Å². The van der Waals surface area contributed by atoms with Crippen LogP contribution in [-0.4, -0.2) is 24.2 Å². The number of phenols is 1. The van der Waals surface area contributed by atoms with Crippen molar-refractivity contribution in [1.82, 2.24) is 5.32 Å². The van der Waals surface area contributed by atoms with E-state index in [4.69, 9.17) is 10.00 Å². The number of carbonyl (C=O) groups is 1. The van der Waals surface area contributed by atoms with E-state index in [1.807, 2.05) is 19.9 Å². The van der Waals surface area contributed by atoms with Crippen LogP contribution in [0.4, 0.5) is 0 Å². The average Bonchev–Trinajstić information content (AvgIpc) is 2.47. The topological polar surface area (TPSA) is 82.4 Å². The van der Waals surface area contributed by atoms with Crippen molar-refractivity contribution in [3.05, 3.63) is 27.7 Å². The van der Waals surface area contributed by atoms with E-state index in [9.17, 15) is 9.90 Å². The molecular weight excluding hydrogens is 336 g/mol. The third-order valence-electron chi connectivity index (χ3n) is 2.94. The number of hydrogen-bond donors (Lipinski definition) is 2. The molecule has 1 amide bonds. The number of methoxy groups -OCH3 is 1. The Morgan fingerprint density at radius 2 is 2.29 bits per heavy atom. The first-order chi connectivity index (χ1) is 9.92. The molecule has 1 aromatic rings. The van der Waals surface area contributed by atoms with Gasteiger partial charge in [-0.15, -0.1) is 0 Å². The molecule has 112 valence electrons. The van der Waals surface area contributed by atoms with E-state index in [2.05, 4.69) is 21.2 Å². The number of aromatic hydroxyl groups is 1. The van der Waals surface area contributed by atoms with Gasteiger partial charge in [0, 0.05) is 16.1 Å². The highest BCUT2D eigenvalue weighted by molar-refractivity contribution is 9.10. The van der Waals surface area contributed by atoms with E-state index in [-0.39, 0.29) is 23.1 Å². The molecule has 0 fully saturated rings. The lowest BCUT2D eigenvalue weighted by molar-refractivity contribution is -0.117. The number of benzene rings is 1. The second-order valence-electron chi connectivity index (χ2n) is 4.50. The molecule has 1 aromatic carbocycles. The second-order valence-corrected chi connectivity index (χ2v) is 5.41. The molecule has 0 radical (unpaired) electrons. The number of hydrogen-bond acceptors (Lipinski definition) is 4. The Morgan fingerprint density at radius 1 is 1.62 bits per heavy atom. The number of ether oxygens (including phenoxy) is 1. The molecule has 0 spiro atoms. The number of nitriles is 1. The molecule has 0 aliphatic rings. The van der Waals surface area contributed by atoms with Crippen LogP contribution in [0.15, 0.2) is 22.2 Å². The summed E-state index contributed by atoms with van der Waals surface area (Å²) in [5, 5.41) is 21.9. The van der Waals surface area contributed by atoms with Crippen molar-refractivity contribution in [2.75, 3.05) is 7.11 Å². The fourth-order valence-corrected chi connectivity index (χ4v) is 2.02. The SMILES string of the molecule is CC[C@@H](C)NC(=O)/C(C#N)=C/c1cc(Br)cc(OC)c1O. The summed E-state index contributed by atoms with van der Waals surface area (Å²) in [5.74, 6) is -0.328.